The third-order valence-electron chi connectivity index (χ3n) is 5.35. The molecule has 25 heavy (non-hydrogen) atoms. The molecule has 134 valence electrons. The minimum atomic E-state index is 0.627. The second-order valence-corrected chi connectivity index (χ2v) is 7.52. The van der Waals surface area contributed by atoms with Gasteiger partial charge in [-0.1, -0.05) is 70.2 Å². The summed E-state index contributed by atoms with van der Waals surface area (Å²) in [6.07, 6.45) is 7.80. The Morgan fingerprint density at radius 2 is 1.68 bits per heavy atom. The summed E-state index contributed by atoms with van der Waals surface area (Å²) in [5.41, 5.74) is 10.1. The van der Waals surface area contributed by atoms with E-state index in [2.05, 4.69) is 77.6 Å². The van der Waals surface area contributed by atoms with Crippen molar-refractivity contribution in [1.29, 1.82) is 0 Å². The van der Waals surface area contributed by atoms with Gasteiger partial charge < -0.3 is 0 Å². The van der Waals surface area contributed by atoms with Gasteiger partial charge in [0.25, 0.3) is 0 Å². The molecule has 1 atom stereocenters. The fourth-order valence-electron chi connectivity index (χ4n) is 3.89. The highest BCUT2D eigenvalue weighted by Gasteiger charge is 2.13. The van der Waals surface area contributed by atoms with E-state index in [1.54, 1.807) is 0 Å². The molecular formula is C25H34. The summed E-state index contributed by atoms with van der Waals surface area (Å²) in [6, 6.07) is 11.6. The van der Waals surface area contributed by atoms with E-state index in [0.29, 0.717) is 5.92 Å². The molecule has 2 aromatic carbocycles. The maximum atomic E-state index is 4.11. The zero-order valence-electron chi connectivity index (χ0n) is 16.8. The zero-order chi connectivity index (χ0) is 18.4. The molecule has 0 fully saturated rings. The second-order valence-electron chi connectivity index (χ2n) is 7.52. The molecular weight excluding hydrogens is 300 g/mol. The molecule has 0 heteroatoms. The summed E-state index contributed by atoms with van der Waals surface area (Å²) in [6.45, 7) is 15.4. The molecule has 0 nitrogen and oxygen atoms in total. The molecule has 0 aliphatic carbocycles. The Morgan fingerprint density at radius 1 is 0.960 bits per heavy atom. The lowest BCUT2D eigenvalue weighted by atomic mass is 9.86. The van der Waals surface area contributed by atoms with E-state index in [0.717, 1.165) is 19.3 Å². The van der Waals surface area contributed by atoms with E-state index in [4.69, 9.17) is 0 Å². The van der Waals surface area contributed by atoms with Crippen LogP contribution in [0.5, 0.6) is 0 Å². The van der Waals surface area contributed by atoms with E-state index in [1.165, 1.54) is 51.8 Å². The Bertz CT molecular complexity index is 721. The topological polar surface area (TPSA) is 0 Å². The molecule has 0 saturated carbocycles. The number of benzene rings is 2. The normalized spacial score (nSPS) is 12.2. The van der Waals surface area contributed by atoms with Crippen LogP contribution in [0, 0.1) is 19.8 Å². The Balaban J connectivity index is 2.20. The van der Waals surface area contributed by atoms with Crippen molar-refractivity contribution in [3.8, 4) is 0 Å². The summed E-state index contributed by atoms with van der Waals surface area (Å²) >= 11 is 0. The molecule has 0 heterocycles. The maximum absolute atomic E-state index is 4.11. The van der Waals surface area contributed by atoms with Gasteiger partial charge in [-0.3, -0.25) is 0 Å². The van der Waals surface area contributed by atoms with Crippen molar-refractivity contribution in [2.75, 3.05) is 0 Å². The first-order valence-electron chi connectivity index (χ1n) is 9.82. The van der Waals surface area contributed by atoms with E-state index in [9.17, 15) is 0 Å². The fourth-order valence-corrected chi connectivity index (χ4v) is 3.89. The Kier molecular flexibility index (Phi) is 7.05. The number of rotatable bonds is 8. The van der Waals surface area contributed by atoms with Crippen LogP contribution >= 0.6 is 0 Å². The summed E-state index contributed by atoms with van der Waals surface area (Å²) in [5.74, 6) is 0.627. The van der Waals surface area contributed by atoms with E-state index in [-0.39, 0.29) is 0 Å². The lowest BCUT2D eigenvalue weighted by molar-refractivity contribution is 0.576. The minimum Gasteiger partial charge on any atom is -0.0984 e. The van der Waals surface area contributed by atoms with Gasteiger partial charge in [0.1, 0.15) is 0 Å². The minimum absolute atomic E-state index is 0.627. The molecule has 0 radical (unpaired) electrons. The van der Waals surface area contributed by atoms with Crippen LogP contribution in [0.1, 0.15) is 66.1 Å². The van der Waals surface area contributed by atoms with Crippen molar-refractivity contribution in [2.24, 2.45) is 5.92 Å². The highest BCUT2D eigenvalue weighted by Crippen LogP contribution is 2.26. The quantitative estimate of drug-likeness (QED) is 0.493. The van der Waals surface area contributed by atoms with E-state index >= 15 is 0 Å². The molecule has 0 amide bonds. The number of hydrogen-bond acceptors (Lipinski definition) is 0. The molecule has 2 aromatic rings. The summed E-state index contributed by atoms with van der Waals surface area (Å²) in [7, 11) is 0. The van der Waals surface area contributed by atoms with Gasteiger partial charge in [0, 0.05) is 0 Å². The van der Waals surface area contributed by atoms with Gasteiger partial charge in [0.15, 0.2) is 0 Å². The fraction of sp³-hybridized carbons (Fsp3) is 0.440. The predicted molar refractivity (Wildman–Crippen MR) is 112 cm³/mol. The van der Waals surface area contributed by atoms with Crippen molar-refractivity contribution >= 4 is 6.08 Å². The van der Waals surface area contributed by atoms with Gasteiger partial charge in [-0.25, -0.2) is 0 Å². The van der Waals surface area contributed by atoms with Crippen molar-refractivity contribution < 1.29 is 0 Å². The Labute approximate surface area is 155 Å². The van der Waals surface area contributed by atoms with Crippen LogP contribution in [-0.4, -0.2) is 0 Å². The molecule has 0 aliphatic heterocycles. The number of aryl methyl sites for hydroxylation is 3. The lowest BCUT2D eigenvalue weighted by Crippen LogP contribution is -2.08. The lowest BCUT2D eigenvalue weighted by Gasteiger charge is -2.19. The molecule has 0 aromatic heterocycles. The third-order valence-corrected chi connectivity index (χ3v) is 5.35. The first-order valence-corrected chi connectivity index (χ1v) is 9.82. The van der Waals surface area contributed by atoms with Gasteiger partial charge in [0.05, 0.1) is 0 Å². The standard InChI is InChI=1S/C25H34/c1-7-10-22-13-14-23(25(9-3)24(22)8-2)16-18(4)15-21-12-11-19(5)20(6)17-21/h9,11-14,17-18H,3,7-8,10,15-16H2,1-2,4-6H3. The van der Waals surface area contributed by atoms with Crippen molar-refractivity contribution in [3.05, 3.63) is 75.9 Å². The van der Waals surface area contributed by atoms with Crippen LogP contribution in [0.25, 0.3) is 6.08 Å². The Morgan fingerprint density at radius 3 is 2.28 bits per heavy atom. The first kappa shape index (κ1) is 19.5. The molecule has 0 aliphatic rings. The largest absolute Gasteiger partial charge is 0.0984 e. The maximum Gasteiger partial charge on any atom is -0.0196 e. The Hall–Kier alpha value is -1.82. The highest BCUT2D eigenvalue weighted by atomic mass is 14.2. The second kappa shape index (κ2) is 9.04. The van der Waals surface area contributed by atoms with Crippen LogP contribution in [0.3, 0.4) is 0 Å². The first-order chi connectivity index (χ1) is 12.0. The molecule has 0 bridgehead atoms. The van der Waals surface area contributed by atoms with Crippen LogP contribution in [0.2, 0.25) is 0 Å². The van der Waals surface area contributed by atoms with Crippen LogP contribution in [0.4, 0.5) is 0 Å². The molecule has 0 spiro atoms. The smallest absolute Gasteiger partial charge is 0.0196 e. The molecule has 1 unspecified atom stereocenters. The zero-order valence-corrected chi connectivity index (χ0v) is 16.8. The predicted octanol–water partition coefficient (Wildman–Crippen LogP) is 6.88. The summed E-state index contributed by atoms with van der Waals surface area (Å²) < 4.78 is 0. The van der Waals surface area contributed by atoms with Gasteiger partial charge in [-0.15, -0.1) is 0 Å². The van der Waals surface area contributed by atoms with Crippen LogP contribution in [-0.2, 0) is 25.7 Å². The SMILES string of the molecule is C=Cc1c(CC(C)Cc2ccc(C)c(C)c2)ccc(CCC)c1CC. The average molecular weight is 335 g/mol. The van der Waals surface area contributed by atoms with E-state index in [1.807, 2.05) is 0 Å². The van der Waals surface area contributed by atoms with E-state index < -0.39 is 0 Å². The third kappa shape index (κ3) is 4.84. The van der Waals surface area contributed by atoms with Crippen LogP contribution in [0.15, 0.2) is 36.9 Å². The number of hydrogen-bond donors (Lipinski definition) is 0. The van der Waals surface area contributed by atoms with Gasteiger partial charge >= 0.3 is 0 Å². The van der Waals surface area contributed by atoms with Crippen molar-refractivity contribution in [1.82, 2.24) is 0 Å². The molecule has 0 saturated heterocycles. The van der Waals surface area contributed by atoms with Crippen LogP contribution < -0.4 is 0 Å². The average Bonchev–Trinajstić information content (AvgIpc) is 2.59. The van der Waals surface area contributed by atoms with Crippen molar-refractivity contribution in [3.63, 3.8) is 0 Å². The molecule has 2 rings (SSSR count). The van der Waals surface area contributed by atoms with Gasteiger partial charge in [-0.2, -0.15) is 0 Å². The summed E-state index contributed by atoms with van der Waals surface area (Å²) in [4.78, 5) is 0. The van der Waals surface area contributed by atoms with Gasteiger partial charge in [-0.05, 0) is 84.4 Å². The van der Waals surface area contributed by atoms with Gasteiger partial charge in [0.2, 0.25) is 0 Å². The highest BCUT2D eigenvalue weighted by molar-refractivity contribution is 5.59. The summed E-state index contributed by atoms with van der Waals surface area (Å²) in [5, 5.41) is 0. The monoisotopic (exact) mass is 334 g/mol. The van der Waals surface area contributed by atoms with Crippen molar-refractivity contribution in [2.45, 2.75) is 66.7 Å². The molecule has 0 N–H and O–H groups in total.